The Hall–Kier alpha value is -1.81. The average Bonchev–Trinajstić information content (AvgIpc) is 2.38. The molecule has 0 saturated heterocycles. The van der Waals surface area contributed by atoms with Gasteiger partial charge in [-0.1, -0.05) is 18.2 Å². The van der Waals surface area contributed by atoms with Crippen LogP contribution in [0.3, 0.4) is 0 Å². The first kappa shape index (κ1) is 13.3. The summed E-state index contributed by atoms with van der Waals surface area (Å²) in [6.45, 7) is 0.794. The topological polar surface area (TPSA) is 44.8 Å². The third kappa shape index (κ3) is 4.28. The predicted octanol–water partition coefficient (Wildman–Crippen LogP) is 2.15. The van der Waals surface area contributed by atoms with Crippen LogP contribution in [0.25, 0.3) is 0 Å². The third-order valence-electron chi connectivity index (χ3n) is 2.13. The van der Waals surface area contributed by atoms with E-state index in [2.05, 4.69) is 0 Å². The molecule has 1 aromatic carbocycles. The van der Waals surface area contributed by atoms with Crippen LogP contribution >= 0.6 is 0 Å². The van der Waals surface area contributed by atoms with Crippen molar-refractivity contribution in [3.05, 3.63) is 47.7 Å². The minimum Gasteiger partial charge on any atom is -0.505 e. The van der Waals surface area contributed by atoms with Gasteiger partial charge in [-0.15, -0.1) is 0 Å². The molecule has 0 aliphatic rings. The maximum absolute atomic E-state index is 11.5. The van der Waals surface area contributed by atoms with Crippen LogP contribution in [0.4, 0.5) is 0 Å². The van der Waals surface area contributed by atoms with Gasteiger partial charge in [0.25, 0.3) is 0 Å². The minimum atomic E-state index is -0.350. The molecule has 0 N–H and O–H groups in total. The molecule has 1 aromatic rings. The van der Waals surface area contributed by atoms with E-state index in [1.165, 1.54) is 7.11 Å². The number of ether oxygens (including phenoxy) is 3. The second-order valence-corrected chi connectivity index (χ2v) is 3.27. The molecule has 0 spiro atoms. The fourth-order valence-corrected chi connectivity index (χ4v) is 1.33. The summed E-state index contributed by atoms with van der Waals surface area (Å²) in [5.74, 6) is -0.350. The number of esters is 1. The van der Waals surface area contributed by atoms with Gasteiger partial charge in [-0.25, -0.2) is 4.79 Å². The van der Waals surface area contributed by atoms with E-state index in [1.807, 2.05) is 12.1 Å². The van der Waals surface area contributed by atoms with Gasteiger partial charge in [-0.3, -0.25) is 0 Å². The van der Waals surface area contributed by atoms with Gasteiger partial charge in [0, 0.05) is 0 Å². The summed E-state index contributed by atoms with van der Waals surface area (Å²) >= 11 is 0. The van der Waals surface area contributed by atoms with Gasteiger partial charge in [0.2, 0.25) is 0 Å². The molecule has 0 radical (unpaired) electrons. The molecule has 92 valence electrons. The van der Waals surface area contributed by atoms with Crippen molar-refractivity contribution < 1.29 is 19.0 Å². The van der Waals surface area contributed by atoms with Gasteiger partial charge in [-0.2, -0.15) is 0 Å². The summed E-state index contributed by atoms with van der Waals surface area (Å²) in [5.41, 5.74) is 1.34. The quantitative estimate of drug-likeness (QED) is 0.431. The summed E-state index contributed by atoms with van der Waals surface area (Å²) in [6, 6.07) is 7.21. The van der Waals surface area contributed by atoms with Gasteiger partial charge < -0.3 is 14.2 Å². The second-order valence-electron chi connectivity index (χ2n) is 3.27. The number of hydrogen-bond donors (Lipinski definition) is 0. The van der Waals surface area contributed by atoms with Gasteiger partial charge in [-0.05, 0) is 17.7 Å². The smallest absolute Gasteiger partial charge is 0.338 e. The van der Waals surface area contributed by atoms with Crippen molar-refractivity contribution >= 4 is 5.97 Å². The molecule has 0 aliphatic carbocycles. The SMILES string of the molecule is COC=CCOCc1ccccc1C(=O)OC. The first-order valence-electron chi connectivity index (χ1n) is 5.21. The fraction of sp³-hybridized carbons (Fsp3) is 0.308. The predicted molar refractivity (Wildman–Crippen MR) is 63.6 cm³/mol. The Morgan fingerprint density at radius 2 is 2.06 bits per heavy atom. The lowest BCUT2D eigenvalue weighted by atomic mass is 10.1. The monoisotopic (exact) mass is 236 g/mol. The molecular weight excluding hydrogens is 220 g/mol. The zero-order chi connectivity index (χ0) is 12.5. The van der Waals surface area contributed by atoms with E-state index in [1.54, 1.807) is 31.6 Å². The summed E-state index contributed by atoms with van der Waals surface area (Å²) < 4.78 is 14.8. The fourth-order valence-electron chi connectivity index (χ4n) is 1.33. The number of carbonyl (C=O) groups excluding carboxylic acids is 1. The molecule has 17 heavy (non-hydrogen) atoms. The molecule has 0 heterocycles. The van der Waals surface area contributed by atoms with Gasteiger partial charge in [0.15, 0.2) is 0 Å². The molecule has 0 aliphatic heterocycles. The van der Waals surface area contributed by atoms with E-state index in [9.17, 15) is 4.79 Å². The molecule has 4 nitrogen and oxygen atoms in total. The highest BCUT2D eigenvalue weighted by Crippen LogP contribution is 2.11. The number of benzene rings is 1. The maximum Gasteiger partial charge on any atom is 0.338 e. The summed E-state index contributed by atoms with van der Waals surface area (Å²) in [7, 11) is 2.93. The van der Waals surface area contributed by atoms with Crippen molar-refractivity contribution in [2.45, 2.75) is 6.61 Å². The summed E-state index contributed by atoms with van der Waals surface area (Å²) in [5, 5.41) is 0. The highest BCUT2D eigenvalue weighted by atomic mass is 16.5. The number of methoxy groups -OCH3 is 2. The van der Waals surface area contributed by atoms with Crippen LogP contribution < -0.4 is 0 Å². The van der Waals surface area contributed by atoms with E-state index in [0.717, 1.165) is 5.56 Å². The zero-order valence-electron chi connectivity index (χ0n) is 10.0. The molecule has 4 heteroatoms. The van der Waals surface area contributed by atoms with Crippen LogP contribution in [0.1, 0.15) is 15.9 Å². The van der Waals surface area contributed by atoms with Gasteiger partial charge >= 0.3 is 5.97 Å². The summed E-state index contributed by atoms with van der Waals surface area (Å²) in [4.78, 5) is 11.5. The summed E-state index contributed by atoms with van der Waals surface area (Å²) in [6.07, 6.45) is 3.30. The second kappa shape index (κ2) is 7.46. The van der Waals surface area contributed by atoms with E-state index in [0.29, 0.717) is 18.8 Å². The maximum atomic E-state index is 11.5. The minimum absolute atomic E-state index is 0.350. The first-order chi connectivity index (χ1) is 8.29. The number of hydrogen-bond acceptors (Lipinski definition) is 4. The average molecular weight is 236 g/mol. The van der Waals surface area contributed by atoms with E-state index in [-0.39, 0.29) is 5.97 Å². The number of carbonyl (C=O) groups is 1. The van der Waals surface area contributed by atoms with Crippen LogP contribution in [0.15, 0.2) is 36.6 Å². The van der Waals surface area contributed by atoms with E-state index >= 15 is 0 Å². The molecule has 0 amide bonds. The van der Waals surface area contributed by atoms with Crippen LogP contribution in [0.5, 0.6) is 0 Å². The number of rotatable bonds is 6. The molecule has 0 atom stereocenters. The van der Waals surface area contributed by atoms with Crippen LogP contribution in [-0.2, 0) is 20.8 Å². The largest absolute Gasteiger partial charge is 0.505 e. The van der Waals surface area contributed by atoms with Crippen molar-refractivity contribution in [2.24, 2.45) is 0 Å². The molecule has 1 rings (SSSR count). The van der Waals surface area contributed by atoms with Crippen molar-refractivity contribution in [3.63, 3.8) is 0 Å². The van der Waals surface area contributed by atoms with Crippen molar-refractivity contribution in [1.82, 2.24) is 0 Å². The van der Waals surface area contributed by atoms with Crippen LogP contribution in [-0.4, -0.2) is 26.8 Å². The Morgan fingerprint density at radius 3 is 2.76 bits per heavy atom. The van der Waals surface area contributed by atoms with Gasteiger partial charge in [0.05, 0.1) is 39.3 Å². The van der Waals surface area contributed by atoms with E-state index < -0.39 is 0 Å². The highest BCUT2D eigenvalue weighted by Gasteiger charge is 2.10. The zero-order valence-corrected chi connectivity index (χ0v) is 10.0. The van der Waals surface area contributed by atoms with Crippen LogP contribution in [0, 0.1) is 0 Å². The van der Waals surface area contributed by atoms with Crippen molar-refractivity contribution in [2.75, 3.05) is 20.8 Å². The van der Waals surface area contributed by atoms with E-state index in [4.69, 9.17) is 14.2 Å². The Balaban J connectivity index is 2.58. The normalized spacial score (nSPS) is 10.5. The third-order valence-corrected chi connectivity index (χ3v) is 2.13. The molecular formula is C13H16O4. The molecule has 0 unspecified atom stereocenters. The standard InChI is InChI=1S/C13H16O4/c1-15-8-5-9-17-10-11-6-3-4-7-12(11)13(14)16-2/h3-8H,9-10H2,1-2H3. The molecule has 0 saturated carbocycles. The Morgan fingerprint density at radius 1 is 1.29 bits per heavy atom. The Kier molecular flexibility index (Phi) is 5.82. The molecule has 0 aromatic heterocycles. The van der Waals surface area contributed by atoms with Crippen LogP contribution in [0.2, 0.25) is 0 Å². The Bertz CT molecular complexity index is 385. The first-order valence-corrected chi connectivity index (χ1v) is 5.21. The lowest BCUT2D eigenvalue weighted by molar-refractivity contribution is 0.0594. The lowest BCUT2D eigenvalue weighted by Gasteiger charge is -2.07. The van der Waals surface area contributed by atoms with Crippen molar-refractivity contribution in [1.29, 1.82) is 0 Å². The van der Waals surface area contributed by atoms with Crippen molar-refractivity contribution in [3.8, 4) is 0 Å². The highest BCUT2D eigenvalue weighted by molar-refractivity contribution is 5.90. The molecule has 0 fully saturated rings. The Labute approximate surface area is 101 Å². The molecule has 0 bridgehead atoms. The lowest BCUT2D eigenvalue weighted by Crippen LogP contribution is -2.06. The van der Waals surface area contributed by atoms with Gasteiger partial charge in [0.1, 0.15) is 0 Å².